The van der Waals surface area contributed by atoms with Gasteiger partial charge in [-0.25, -0.2) is 0 Å². The number of carbonyl (C=O) groups is 1. The fourth-order valence-electron chi connectivity index (χ4n) is 4.51. The van der Waals surface area contributed by atoms with E-state index in [2.05, 4.69) is 62.9 Å². The SMILES string of the molecule is Cc1ccc([C@@H]2CN(CC(=O)N3CCC[C@H](C)C3)C[C@H]2c2csnn2)cc1. The molecule has 3 heterocycles. The van der Waals surface area contributed by atoms with Crippen LogP contribution in [0.2, 0.25) is 0 Å². The fraction of sp³-hybridized carbons (Fsp3) is 0.571. The Morgan fingerprint density at radius 1 is 1.19 bits per heavy atom. The summed E-state index contributed by atoms with van der Waals surface area (Å²) in [6.45, 7) is 8.48. The smallest absolute Gasteiger partial charge is 0.236 e. The Morgan fingerprint density at radius 3 is 2.67 bits per heavy atom. The molecule has 0 N–H and O–H groups in total. The van der Waals surface area contributed by atoms with Crippen LogP contribution in [0.4, 0.5) is 0 Å². The second-order valence-electron chi connectivity index (χ2n) is 8.23. The lowest BCUT2D eigenvalue weighted by Gasteiger charge is -2.32. The maximum absolute atomic E-state index is 12.8. The van der Waals surface area contributed by atoms with Crippen molar-refractivity contribution < 1.29 is 4.79 Å². The zero-order valence-electron chi connectivity index (χ0n) is 16.2. The summed E-state index contributed by atoms with van der Waals surface area (Å²) in [5, 5.41) is 6.41. The van der Waals surface area contributed by atoms with Gasteiger partial charge in [0.1, 0.15) is 0 Å². The van der Waals surface area contributed by atoms with Crippen molar-refractivity contribution in [2.45, 2.75) is 38.5 Å². The molecule has 2 aromatic rings. The Morgan fingerprint density at radius 2 is 1.96 bits per heavy atom. The average Bonchev–Trinajstić information content (AvgIpc) is 3.32. The normalized spacial score (nSPS) is 26.4. The van der Waals surface area contributed by atoms with Crippen LogP contribution in [0.25, 0.3) is 0 Å². The maximum atomic E-state index is 12.8. The van der Waals surface area contributed by atoms with Gasteiger partial charge in [0.05, 0.1) is 12.2 Å². The first kappa shape index (κ1) is 18.6. The van der Waals surface area contributed by atoms with E-state index >= 15 is 0 Å². The van der Waals surface area contributed by atoms with Gasteiger partial charge >= 0.3 is 0 Å². The fourth-order valence-corrected chi connectivity index (χ4v) is 5.02. The Bertz CT molecular complexity index is 761. The maximum Gasteiger partial charge on any atom is 0.236 e. The van der Waals surface area contributed by atoms with Crippen molar-refractivity contribution >= 4 is 17.4 Å². The third-order valence-corrected chi connectivity index (χ3v) is 6.55. The van der Waals surface area contributed by atoms with E-state index in [4.69, 9.17) is 0 Å². The first-order chi connectivity index (χ1) is 13.1. The third kappa shape index (κ3) is 4.22. The van der Waals surface area contributed by atoms with Gasteiger partial charge in [0.25, 0.3) is 0 Å². The number of amides is 1. The predicted molar refractivity (Wildman–Crippen MR) is 108 cm³/mol. The predicted octanol–water partition coefficient (Wildman–Crippen LogP) is 3.29. The monoisotopic (exact) mass is 384 g/mol. The van der Waals surface area contributed by atoms with E-state index in [0.29, 0.717) is 24.3 Å². The van der Waals surface area contributed by atoms with Gasteiger partial charge in [-0.15, -0.1) is 5.10 Å². The summed E-state index contributed by atoms with van der Waals surface area (Å²) in [5.41, 5.74) is 3.67. The quantitative estimate of drug-likeness (QED) is 0.812. The van der Waals surface area contributed by atoms with Crippen LogP contribution in [0.5, 0.6) is 0 Å². The Kier molecular flexibility index (Phi) is 5.55. The van der Waals surface area contributed by atoms with Crippen molar-refractivity contribution in [3.63, 3.8) is 0 Å². The number of nitrogens with zero attached hydrogens (tertiary/aromatic N) is 4. The number of rotatable bonds is 4. The summed E-state index contributed by atoms with van der Waals surface area (Å²) in [6, 6.07) is 8.80. The van der Waals surface area contributed by atoms with E-state index < -0.39 is 0 Å². The molecule has 2 saturated heterocycles. The number of benzene rings is 1. The average molecular weight is 385 g/mol. The molecule has 144 valence electrons. The summed E-state index contributed by atoms with van der Waals surface area (Å²) in [4.78, 5) is 17.2. The van der Waals surface area contributed by atoms with Crippen molar-refractivity contribution in [2.24, 2.45) is 5.92 Å². The van der Waals surface area contributed by atoms with Gasteiger partial charge < -0.3 is 4.90 Å². The molecule has 27 heavy (non-hydrogen) atoms. The molecule has 0 aliphatic carbocycles. The minimum absolute atomic E-state index is 0.279. The van der Waals surface area contributed by atoms with Gasteiger partial charge in [-0.05, 0) is 42.8 Å². The van der Waals surface area contributed by atoms with Crippen molar-refractivity contribution in [3.05, 3.63) is 46.5 Å². The van der Waals surface area contributed by atoms with Crippen LogP contribution in [-0.4, -0.2) is 58.0 Å². The van der Waals surface area contributed by atoms with Gasteiger partial charge in [-0.3, -0.25) is 9.69 Å². The molecular weight excluding hydrogens is 356 g/mol. The van der Waals surface area contributed by atoms with E-state index in [-0.39, 0.29) is 5.91 Å². The topological polar surface area (TPSA) is 49.3 Å². The van der Waals surface area contributed by atoms with Gasteiger partial charge in [0.15, 0.2) is 0 Å². The summed E-state index contributed by atoms with van der Waals surface area (Å²) < 4.78 is 4.07. The third-order valence-electron chi connectivity index (χ3n) is 6.03. The summed E-state index contributed by atoms with van der Waals surface area (Å²) in [7, 11) is 0. The molecule has 2 fully saturated rings. The molecule has 1 aromatic carbocycles. The van der Waals surface area contributed by atoms with Crippen molar-refractivity contribution in [1.29, 1.82) is 0 Å². The van der Waals surface area contributed by atoms with Crippen LogP contribution in [0.3, 0.4) is 0 Å². The number of carbonyl (C=O) groups excluding carboxylic acids is 1. The number of piperidine rings is 1. The lowest BCUT2D eigenvalue weighted by Crippen LogP contribution is -2.44. The molecule has 1 amide bonds. The Labute approximate surface area is 165 Å². The van der Waals surface area contributed by atoms with Crippen molar-refractivity contribution in [1.82, 2.24) is 19.4 Å². The molecule has 6 heteroatoms. The molecule has 4 rings (SSSR count). The Hall–Kier alpha value is -1.79. The molecule has 0 bridgehead atoms. The Balaban J connectivity index is 1.48. The molecule has 0 radical (unpaired) electrons. The van der Waals surface area contributed by atoms with Crippen LogP contribution < -0.4 is 0 Å². The zero-order chi connectivity index (χ0) is 18.8. The lowest BCUT2D eigenvalue weighted by atomic mass is 9.87. The molecular formula is C21H28N4OS. The molecule has 2 aliphatic rings. The summed E-state index contributed by atoms with van der Waals surface area (Å²) in [6.07, 6.45) is 2.37. The highest BCUT2D eigenvalue weighted by molar-refractivity contribution is 7.03. The van der Waals surface area contributed by atoms with Crippen molar-refractivity contribution in [3.8, 4) is 0 Å². The summed E-state index contributed by atoms with van der Waals surface area (Å²) in [5.74, 6) is 1.57. The second kappa shape index (κ2) is 8.07. The first-order valence-corrected chi connectivity index (χ1v) is 10.8. The molecule has 2 aliphatic heterocycles. The van der Waals surface area contributed by atoms with Crippen LogP contribution in [0, 0.1) is 12.8 Å². The minimum atomic E-state index is 0.279. The van der Waals surface area contributed by atoms with Gasteiger partial charge in [-0.1, -0.05) is 41.2 Å². The van der Waals surface area contributed by atoms with Crippen LogP contribution in [-0.2, 0) is 4.79 Å². The van der Waals surface area contributed by atoms with Gasteiger partial charge in [0, 0.05) is 43.4 Å². The number of likely N-dealkylation sites (tertiary alicyclic amines) is 2. The number of aromatic nitrogens is 2. The van der Waals surface area contributed by atoms with Crippen LogP contribution in [0.15, 0.2) is 29.6 Å². The van der Waals surface area contributed by atoms with Gasteiger partial charge in [0.2, 0.25) is 5.91 Å². The number of hydrogen-bond donors (Lipinski definition) is 0. The zero-order valence-corrected chi connectivity index (χ0v) is 17.0. The highest BCUT2D eigenvalue weighted by Gasteiger charge is 2.37. The molecule has 0 unspecified atom stereocenters. The van der Waals surface area contributed by atoms with E-state index in [9.17, 15) is 4.79 Å². The minimum Gasteiger partial charge on any atom is -0.341 e. The van der Waals surface area contributed by atoms with E-state index in [0.717, 1.165) is 38.3 Å². The highest BCUT2D eigenvalue weighted by Crippen LogP contribution is 2.39. The standard InChI is InChI=1S/C21H28N4OS/c1-15-5-7-17(8-6-15)18-11-24(12-19(18)20-14-27-23-22-20)13-21(26)25-9-3-4-16(2)10-25/h5-8,14,16,18-19H,3-4,9-13H2,1-2H3/t16-,18-,19+/m0/s1. The van der Waals surface area contributed by atoms with Crippen LogP contribution in [0.1, 0.15) is 48.4 Å². The molecule has 5 nitrogen and oxygen atoms in total. The second-order valence-corrected chi connectivity index (χ2v) is 8.84. The first-order valence-electron chi connectivity index (χ1n) is 9.94. The lowest BCUT2D eigenvalue weighted by molar-refractivity contribution is -0.133. The number of aryl methyl sites for hydroxylation is 1. The molecule has 1 aromatic heterocycles. The largest absolute Gasteiger partial charge is 0.341 e. The van der Waals surface area contributed by atoms with E-state index in [1.165, 1.54) is 29.1 Å². The van der Waals surface area contributed by atoms with E-state index in [1.807, 2.05) is 0 Å². The molecule has 3 atom stereocenters. The molecule has 0 spiro atoms. The molecule has 0 saturated carbocycles. The van der Waals surface area contributed by atoms with E-state index in [1.54, 1.807) is 0 Å². The van der Waals surface area contributed by atoms with Crippen LogP contribution >= 0.6 is 11.5 Å². The number of hydrogen-bond acceptors (Lipinski definition) is 5. The van der Waals surface area contributed by atoms with Gasteiger partial charge in [-0.2, -0.15) is 0 Å². The summed E-state index contributed by atoms with van der Waals surface area (Å²) >= 11 is 1.41. The highest BCUT2D eigenvalue weighted by atomic mass is 32.1. The van der Waals surface area contributed by atoms with Crippen molar-refractivity contribution in [2.75, 3.05) is 32.7 Å².